The Morgan fingerprint density at radius 3 is 2.86 bits per heavy atom. The van der Waals surface area contributed by atoms with Crippen LogP contribution in [0.3, 0.4) is 0 Å². The molecular weight excluding hydrogens is 300 g/mol. The second-order valence-corrected chi connectivity index (χ2v) is 5.74. The van der Waals surface area contributed by atoms with Crippen LogP contribution in [-0.2, 0) is 24.2 Å². The highest BCUT2D eigenvalue weighted by Gasteiger charge is 2.24. The number of carbonyl (C=O) groups excluding carboxylic acids is 1. The first kappa shape index (κ1) is 15.0. The van der Waals surface area contributed by atoms with Crippen molar-refractivity contribution in [1.29, 1.82) is 0 Å². The van der Waals surface area contributed by atoms with E-state index in [1.54, 1.807) is 6.07 Å². The summed E-state index contributed by atoms with van der Waals surface area (Å²) in [6.07, 6.45) is 0.784. The molecule has 0 amide bonds. The molecule has 114 valence electrons. The van der Waals surface area contributed by atoms with Gasteiger partial charge in [0, 0.05) is 37.3 Å². The first-order valence-corrected chi connectivity index (χ1v) is 7.58. The van der Waals surface area contributed by atoms with Gasteiger partial charge in [-0.1, -0.05) is 41.9 Å². The summed E-state index contributed by atoms with van der Waals surface area (Å²) in [7, 11) is 1.38. The topological polar surface area (TPSA) is 42.4 Å². The van der Waals surface area contributed by atoms with Crippen LogP contribution in [0.5, 0.6) is 0 Å². The van der Waals surface area contributed by atoms with E-state index in [4.69, 9.17) is 16.3 Å². The fraction of sp³-hybridized carbons (Fsp3) is 0.294. The van der Waals surface area contributed by atoms with Crippen LogP contribution < -0.4 is 0 Å². The standard InChI is InChI=1S/C17H17ClN2O2/c1-22-17(21)13-9-16(18)19-15-7-8-20(11-14(13)15)10-12-5-3-2-4-6-12/h2-6,9H,7-8,10-11H2,1H3. The second kappa shape index (κ2) is 6.46. The number of pyridine rings is 1. The summed E-state index contributed by atoms with van der Waals surface area (Å²) < 4.78 is 4.87. The van der Waals surface area contributed by atoms with Gasteiger partial charge in [-0.3, -0.25) is 4.90 Å². The molecule has 1 aromatic carbocycles. The van der Waals surface area contributed by atoms with Crippen LogP contribution in [0.25, 0.3) is 0 Å². The van der Waals surface area contributed by atoms with E-state index in [0.717, 1.165) is 30.8 Å². The number of hydrogen-bond donors (Lipinski definition) is 0. The summed E-state index contributed by atoms with van der Waals surface area (Å²) in [5, 5.41) is 0.343. The molecule has 0 bridgehead atoms. The van der Waals surface area contributed by atoms with Gasteiger partial charge in [0.2, 0.25) is 0 Å². The average molecular weight is 317 g/mol. The summed E-state index contributed by atoms with van der Waals surface area (Å²) in [4.78, 5) is 18.6. The highest BCUT2D eigenvalue weighted by molar-refractivity contribution is 6.29. The number of ether oxygens (including phenoxy) is 1. The maximum absolute atomic E-state index is 12.0. The fourth-order valence-corrected chi connectivity index (χ4v) is 3.02. The minimum absolute atomic E-state index is 0.343. The Balaban J connectivity index is 1.86. The quantitative estimate of drug-likeness (QED) is 0.644. The minimum Gasteiger partial charge on any atom is -0.465 e. The second-order valence-electron chi connectivity index (χ2n) is 5.36. The van der Waals surface area contributed by atoms with Crippen LogP contribution in [0.1, 0.15) is 27.2 Å². The summed E-state index contributed by atoms with van der Waals surface area (Å²) in [5.74, 6) is -0.359. The van der Waals surface area contributed by atoms with E-state index in [1.807, 2.05) is 18.2 Å². The van der Waals surface area contributed by atoms with Crippen molar-refractivity contribution in [2.45, 2.75) is 19.5 Å². The van der Waals surface area contributed by atoms with Crippen molar-refractivity contribution in [2.75, 3.05) is 13.7 Å². The molecule has 0 N–H and O–H groups in total. The predicted molar refractivity (Wildman–Crippen MR) is 84.8 cm³/mol. The van der Waals surface area contributed by atoms with Gasteiger partial charge in [-0.15, -0.1) is 0 Å². The summed E-state index contributed by atoms with van der Waals surface area (Å²) in [6, 6.07) is 11.9. The molecular formula is C17H17ClN2O2. The molecule has 4 nitrogen and oxygen atoms in total. The number of carbonyl (C=O) groups is 1. The summed E-state index contributed by atoms with van der Waals surface area (Å²) >= 11 is 6.02. The van der Waals surface area contributed by atoms with E-state index < -0.39 is 0 Å². The van der Waals surface area contributed by atoms with Crippen LogP contribution >= 0.6 is 11.6 Å². The molecule has 5 heteroatoms. The van der Waals surface area contributed by atoms with Gasteiger partial charge in [-0.25, -0.2) is 9.78 Å². The molecule has 0 aliphatic carbocycles. The monoisotopic (exact) mass is 316 g/mol. The lowest BCUT2D eigenvalue weighted by atomic mass is 9.99. The molecule has 0 atom stereocenters. The lowest BCUT2D eigenvalue weighted by Gasteiger charge is -2.29. The van der Waals surface area contributed by atoms with E-state index >= 15 is 0 Å². The molecule has 0 unspecified atom stereocenters. The molecule has 3 rings (SSSR count). The van der Waals surface area contributed by atoms with Crippen LogP contribution in [0.2, 0.25) is 5.15 Å². The average Bonchev–Trinajstić information content (AvgIpc) is 2.54. The third-order valence-electron chi connectivity index (χ3n) is 3.88. The highest BCUT2D eigenvalue weighted by Crippen LogP contribution is 2.25. The molecule has 0 fully saturated rings. The van der Waals surface area contributed by atoms with E-state index in [2.05, 4.69) is 22.0 Å². The zero-order valence-electron chi connectivity index (χ0n) is 12.4. The molecule has 0 saturated carbocycles. The van der Waals surface area contributed by atoms with Gasteiger partial charge in [0.25, 0.3) is 0 Å². The fourth-order valence-electron chi connectivity index (χ4n) is 2.81. The Morgan fingerprint density at radius 2 is 2.14 bits per heavy atom. The number of nitrogens with zero attached hydrogens (tertiary/aromatic N) is 2. The number of esters is 1. The van der Waals surface area contributed by atoms with E-state index in [9.17, 15) is 4.79 Å². The van der Waals surface area contributed by atoms with E-state index in [0.29, 0.717) is 17.3 Å². The molecule has 1 aliphatic rings. The Hall–Kier alpha value is -1.91. The van der Waals surface area contributed by atoms with Crippen LogP contribution in [0.15, 0.2) is 36.4 Å². The van der Waals surface area contributed by atoms with Crippen molar-refractivity contribution in [3.05, 3.63) is 63.9 Å². The summed E-state index contributed by atoms with van der Waals surface area (Å²) in [6.45, 7) is 2.43. The predicted octanol–water partition coefficient (Wildman–Crippen LogP) is 3.08. The van der Waals surface area contributed by atoms with Crippen molar-refractivity contribution in [3.8, 4) is 0 Å². The molecule has 1 aromatic heterocycles. The number of rotatable bonds is 3. The molecule has 0 radical (unpaired) electrons. The Bertz CT molecular complexity index is 689. The number of aromatic nitrogens is 1. The number of methoxy groups -OCH3 is 1. The van der Waals surface area contributed by atoms with Gasteiger partial charge in [0.15, 0.2) is 0 Å². The van der Waals surface area contributed by atoms with Gasteiger partial charge >= 0.3 is 5.97 Å². The van der Waals surface area contributed by atoms with E-state index in [1.165, 1.54) is 12.7 Å². The van der Waals surface area contributed by atoms with Crippen LogP contribution in [0.4, 0.5) is 0 Å². The van der Waals surface area contributed by atoms with Gasteiger partial charge in [-0.05, 0) is 11.6 Å². The third kappa shape index (κ3) is 3.13. The minimum atomic E-state index is -0.359. The molecule has 0 saturated heterocycles. The van der Waals surface area contributed by atoms with Gasteiger partial charge in [0.05, 0.1) is 12.7 Å². The van der Waals surface area contributed by atoms with Gasteiger partial charge < -0.3 is 4.74 Å². The van der Waals surface area contributed by atoms with Crippen molar-refractivity contribution < 1.29 is 9.53 Å². The molecule has 22 heavy (non-hydrogen) atoms. The molecule has 2 heterocycles. The molecule has 1 aliphatic heterocycles. The number of halogens is 1. The summed E-state index contributed by atoms with van der Waals surface area (Å²) in [5.41, 5.74) is 3.61. The largest absolute Gasteiger partial charge is 0.465 e. The maximum atomic E-state index is 12.0. The third-order valence-corrected chi connectivity index (χ3v) is 4.07. The molecule has 2 aromatic rings. The van der Waals surface area contributed by atoms with Gasteiger partial charge in [0.1, 0.15) is 5.15 Å². The first-order chi connectivity index (χ1) is 10.7. The zero-order chi connectivity index (χ0) is 15.5. The first-order valence-electron chi connectivity index (χ1n) is 7.20. The SMILES string of the molecule is COC(=O)c1cc(Cl)nc2c1CN(Cc1ccccc1)CC2. The lowest BCUT2D eigenvalue weighted by Crippen LogP contribution is -2.32. The van der Waals surface area contributed by atoms with E-state index in [-0.39, 0.29) is 5.97 Å². The Labute approximate surface area is 134 Å². The van der Waals surface area contributed by atoms with Crippen molar-refractivity contribution in [1.82, 2.24) is 9.88 Å². The number of benzene rings is 1. The maximum Gasteiger partial charge on any atom is 0.338 e. The van der Waals surface area contributed by atoms with Crippen molar-refractivity contribution >= 4 is 17.6 Å². The number of hydrogen-bond acceptors (Lipinski definition) is 4. The zero-order valence-corrected chi connectivity index (χ0v) is 13.1. The van der Waals surface area contributed by atoms with Gasteiger partial charge in [-0.2, -0.15) is 0 Å². The van der Waals surface area contributed by atoms with Crippen LogP contribution in [-0.4, -0.2) is 29.5 Å². The highest BCUT2D eigenvalue weighted by atomic mass is 35.5. The van der Waals surface area contributed by atoms with Crippen molar-refractivity contribution in [3.63, 3.8) is 0 Å². The lowest BCUT2D eigenvalue weighted by molar-refractivity contribution is 0.0597. The van der Waals surface area contributed by atoms with Crippen molar-refractivity contribution in [2.24, 2.45) is 0 Å². The molecule has 0 spiro atoms. The smallest absolute Gasteiger partial charge is 0.338 e. The normalized spacial score (nSPS) is 14.5. The van der Waals surface area contributed by atoms with Crippen LogP contribution in [0, 0.1) is 0 Å². The Morgan fingerprint density at radius 1 is 1.36 bits per heavy atom. The Kier molecular flexibility index (Phi) is 4.41. The number of fused-ring (bicyclic) bond motifs is 1.